The topological polar surface area (TPSA) is 159 Å². The maximum absolute atomic E-state index is 12.8. The molecule has 0 spiro atoms. The molecule has 262 valence electrons. The molecule has 3 aromatic heterocycles. The van der Waals surface area contributed by atoms with Crippen LogP contribution in [-0.4, -0.2) is 106 Å². The van der Waals surface area contributed by atoms with Gasteiger partial charge in [0.25, 0.3) is 10.0 Å². The van der Waals surface area contributed by atoms with Crippen LogP contribution in [0.4, 0.5) is 4.39 Å². The second-order valence-corrected chi connectivity index (χ2v) is 15.8. The second-order valence-electron chi connectivity index (χ2n) is 13.7. The number of hydrogen-bond donors (Lipinski definition) is 4. The summed E-state index contributed by atoms with van der Waals surface area (Å²) in [6.07, 6.45) is 15.4. The van der Waals surface area contributed by atoms with Crippen LogP contribution >= 0.6 is 0 Å². The number of hydrogen-bond acceptors (Lipinski definition) is 12. The van der Waals surface area contributed by atoms with Crippen LogP contribution in [0.15, 0.2) is 61.0 Å². The van der Waals surface area contributed by atoms with E-state index in [2.05, 4.69) is 55.0 Å². The van der Waals surface area contributed by atoms with Crippen LogP contribution in [0, 0.1) is 0 Å². The summed E-state index contributed by atoms with van der Waals surface area (Å²) >= 11 is 0. The molecule has 49 heavy (non-hydrogen) atoms. The molecular weight excluding hydrogens is 646 g/mol. The smallest absolute Gasteiger partial charge is 0.256 e. The lowest BCUT2D eigenvalue weighted by molar-refractivity contribution is 0.148. The van der Waals surface area contributed by atoms with Gasteiger partial charge in [-0.05, 0) is 69.3 Å². The van der Waals surface area contributed by atoms with Crippen molar-refractivity contribution >= 4 is 15.6 Å². The summed E-state index contributed by atoms with van der Waals surface area (Å²) in [5.41, 5.74) is 10.6. The first-order chi connectivity index (χ1) is 23.7. The van der Waals surface area contributed by atoms with E-state index in [0.29, 0.717) is 42.5 Å². The van der Waals surface area contributed by atoms with E-state index in [9.17, 15) is 12.8 Å². The van der Waals surface area contributed by atoms with Crippen LogP contribution in [0.5, 0.6) is 0 Å². The van der Waals surface area contributed by atoms with Crippen molar-refractivity contribution in [2.24, 2.45) is 5.73 Å². The van der Waals surface area contributed by atoms with E-state index in [1.807, 2.05) is 18.5 Å². The first kappa shape index (κ1) is 33.7. The van der Waals surface area contributed by atoms with Crippen molar-refractivity contribution in [3.63, 3.8) is 0 Å². The van der Waals surface area contributed by atoms with Crippen LogP contribution in [0.2, 0.25) is 0 Å². The number of dihydropyridines is 1. The van der Waals surface area contributed by atoms with E-state index in [4.69, 9.17) is 15.7 Å². The fourth-order valence-electron chi connectivity index (χ4n) is 6.76. The number of piperazine rings is 1. The molecule has 2 aliphatic carbocycles. The highest BCUT2D eigenvalue weighted by Gasteiger charge is 2.38. The predicted octanol–water partition coefficient (Wildman–Crippen LogP) is 1.92. The highest BCUT2D eigenvalue weighted by atomic mass is 32.2. The molecule has 7 rings (SSSR count). The van der Waals surface area contributed by atoms with Gasteiger partial charge in [-0.3, -0.25) is 9.88 Å². The van der Waals surface area contributed by atoms with Crippen molar-refractivity contribution in [2.75, 3.05) is 46.4 Å². The number of allylic oxidation sites excluding steroid dienone is 1. The lowest BCUT2D eigenvalue weighted by Gasteiger charge is -2.36. The molecule has 1 unspecified atom stereocenters. The van der Waals surface area contributed by atoms with Crippen LogP contribution < -0.4 is 21.7 Å². The van der Waals surface area contributed by atoms with E-state index >= 15 is 0 Å². The van der Waals surface area contributed by atoms with Gasteiger partial charge in [-0.1, -0.05) is 6.07 Å². The average Bonchev–Trinajstić information content (AvgIpc) is 3.86. The van der Waals surface area contributed by atoms with E-state index in [1.165, 1.54) is 18.0 Å². The van der Waals surface area contributed by atoms with Gasteiger partial charge in [-0.25, -0.2) is 22.8 Å². The van der Waals surface area contributed by atoms with E-state index < -0.39 is 15.7 Å². The Hall–Kier alpha value is -3.76. The number of alkyl halides is 1. The minimum Gasteiger partial charge on any atom is -0.382 e. The summed E-state index contributed by atoms with van der Waals surface area (Å²) in [5.74, 6) is 0.329. The molecule has 0 radical (unpaired) electrons. The summed E-state index contributed by atoms with van der Waals surface area (Å²) in [5, 5.41) is 14.2. The van der Waals surface area contributed by atoms with Gasteiger partial charge in [0.05, 0.1) is 34.6 Å². The van der Waals surface area contributed by atoms with Crippen LogP contribution in [0.3, 0.4) is 0 Å². The van der Waals surface area contributed by atoms with E-state index in [0.717, 1.165) is 79.5 Å². The maximum Gasteiger partial charge on any atom is 0.256 e. The zero-order chi connectivity index (χ0) is 34.0. The zero-order valence-corrected chi connectivity index (χ0v) is 28.7. The number of likely N-dealkylation sites (N-methyl/N-ethyl adjacent to an activating group) is 1. The third-order valence-electron chi connectivity index (χ3n) is 9.94. The van der Waals surface area contributed by atoms with Crippen LogP contribution in [0.25, 0.3) is 17.0 Å². The number of nitrogens with one attached hydrogen (secondary N) is 3. The first-order valence-corrected chi connectivity index (χ1v) is 18.8. The van der Waals surface area contributed by atoms with Gasteiger partial charge >= 0.3 is 0 Å². The van der Waals surface area contributed by atoms with Gasteiger partial charge in [-0.15, -0.1) is 0 Å². The Morgan fingerprint density at radius 3 is 2.51 bits per heavy atom. The highest BCUT2D eigenvalue weighted by Crippen LogP contribution is 2.33. The number of aromatic nitrogens is 5. The van der Waals surface area contributed by atoms with Gasteiger partial charge in [0.2, 0.25) is 0 Å². The molecule has 2 aliphatic heterocycles. The Morgan fingerprint density at radius 1 is 1.02 bits per heavy atom. The fourth-order valence-corrected chi connectivity index (χ4v) is 8.24. The normalized spacial score (nSPS) is 25.4. The number of nitrogens with zero attached hydrogens (tertiary/aromatic N) is 7. The summed E-state index contributed by atoms with van der Waals surface area (Å²) in [6, 6.07) is 6.48. The minimum absolute atomic E-state index is 0.206. The second kappa shape index (κ2) is 14.2. The third kappa shape index (κ3) is 7.70. The Labute approximate surface area is 287 Å². The van der Waals surface area contributed by atoms with Crippen LogP contribution in [-0.2, 0) is 22.2 Å². The van der Waals surface area contributed by atoms with Crippen molar-refractivity contribution in [1.29, 1.82) is 0 Å². The average molecular weight is 692 g/mol. The molecule has 5 heterocycles. The fraction of sp³-hybridized carbons (Fsp3) is 0.529. The van der Waals surface area contributed by atoms with Crippen LogP contribution in [0.1, 0.15) is 55.5 Å². The molecule has 3 fully saturated rings. The largest absolute Gasteiger partial charge is 0.382 e. The number of halogens is 1. The van der Waals surface area contributed by atoms with Gasteiger partial charge in [0, 0.05) is 81.2 Å². The van der Waals surface area contributed by atoms with Crippen molar-refractivity contribution in [3.8, 4) is 11.4 Å². The summed E-state index contributed by atoms with van der Waals surface area (Å²) in [7, 11) is -1.35. The molecule has 1 atom stereocenters. The number of pyridine rings is 1. The Morgan fingerprint density at radius 2 is 1.80 bits per heavy atom. The van der Waals surface area contributed by atoms with Crippen molar-refractivity contribution in [1.82, 2.24) is 49.9 Å². The van der Waals surface area contributed by atoms with Crippen molar-refractivity contribution < 1.29 is 12.8 Å². The third-order valence-corrected chi connectivity index (χ3v) is 12.0. The molecule has 5 N–H and O–H groups in total. The Kier molecular flexibility index (Phi) is 9.79. The predicted molar refractivity (Wildman–Crippen MR) is 186 cm³/mol. The van der Waals surface area contributed by atoms with Gasteiger partial charge < -0.3 is 26.6 Å². The molecule has 2 saturated carbocycles. The molecular formula is C34H46FN11O2S. The molecule has 13 nitrogen and oxygen atoms in total. The molecule has 1 saturated heterocycles. The van der Waals surface area contributed by atoms with Crippen molar-refractivity contribution in [2.45, 2.75) is 68.1 Å². The monoisotopic (exact) mass is 691 g/mol. The highest BCUT2D eigenvalue weighted by molar-refractivity contribution is 7.90. The van der Waals surface area contributed by atoms with E-state index in [-0.39, 0.29) is 18.0 Å². The molecule has 0 bridgehead atoms. The SMILES string of the molecule is CN1CCN(Cc2ccc(C3=CNC(N)(c4ccnc(-c5cnn(S(=O)(=O)C6CC6)c5)n4)C=C3NC3CCC(NCCF)CC3)nc2)CC1. The lowest BCUT2D eigenvalue weighted by Crippen LogP contribution is -2.50. The Balaban J connectivity index is 1.13. The summed E-state index contributed by atoms with van der Waals surface area (Å²) in [4.78, 5) is 18.9. The molecule has 0 aromatic carbocycles. The number of rotatable bonds is 12. The van der Waals surface area contributed by atoms with E-state index in [1.54, 1.807) is 12.3 Å². The summed E-state index contributed by atoms with van der Waals surface area (Å²) in [6.45, 7) is 5.11. The van der Waals surface area contributed by atoms with Gasteiger partial charge in [0.15, 0.2) is 11.5 Å². The molecule has 0 amide bonds. The lowest BCUT2D eigenvalue weighted by atomic mass is 9.89. The molecule has 4 aliphatic rings. The standard InChI is InChI=1S/C34H46FN11O2S/c1-44-14-16-45(17-15-44)22-24-2-9-30(39-19-24)29-21-40-34(36,18-31(29)42-27-5-3-26(4-6-27)37-13-11-35)32-10-12-38-33(43-32)25-20-41-46(23-25)49(47,48)28-7-8-28/h2,9-10,12,18-21,23,26-28,37,40,42H,3-8,11,13-17,22,36H2,1H3. The maximum atomic E-state index is 12.8. The zero-order valence-electron chi connectivity index (χ0n) is 27.9. The van der Waals surface area contributed by atoms with Gasteiger partial charge in [-0.2, -0.15) is 9.19 Å². The number of nitrogens with two attached hydrogens (primary N) is 1. The van der Waals surface area contributed by atoms with Crippen molar-refractivity contribution in [3.05, 3.63) is 77.9 Å². The quantitative estimate of drug-likeness (QED) is 0.219. The van der Waals surface area contributed by atoms with Gasteiger partial charge in [0.1, 0.15) is 6.67 Å². The first-order valence-electron chi connectivity index (χ1n) is 17.3. The molecule has 3 aromatic rings. The minimum atomic E-state index is -3.51. The Bertz CT molecular complexity index is 1780. The summed E-state index contributed by atoms with van der Waals surface area (Å²) < 4.78 is 39.2. The molecule has 15 heteroatoms.